The van der Waals surface area contributed by atoms with Gasteiger partial charge in [-0.1, -0.05) is 29.8 Å². The second-order valence-corrected chi connectivity index (χ2v) is 8.48. The molecule has 1 aromatic rings. The van der Waals surface area contributed by atoms with Crippen molar-refractivity contribution < 1.29 is 19.4 Å². The van der Waals surface area contributed by atoms with Crippen molar-refractivity contribution in [2.45, 2.75) is 36.9 Å². The number of aliphatic hydroxyl groups excluding tert-OH is 1. The van der Waals surface area contributed by atoms with Crippen LogP contribution < -0.4 is 10.2 Å². The van der Waals surface area contributed by atoms with Gasteiger partial charge in [0.05, 0.1) is 31.8 Å². The van der Waals surface area contributed by atoms with Crippen LogP contribution in [0, 0.1) is 11.3 Å². The summed E-state index contributed by atoms with van der Waals surface area (Å²) in [5.41, 5.74) is 0.840. The Morgan fingerprint density at radius 3 is 2.96 bits per heavy atom. The zero-order chi connectivity index (χ0) is 19.7. The number of fused-ring (bicyclic) bond motifs is 3. The topological polar surface area (TPSA) is 71.0 Å². The summed E-state index contributed by atoms with van der Waals surface area (Å²) in [5, 5.41) is 14.6. The summed E-state index contributed by atoms with van der Waals surface area (Å²) in [6.07, 6.45) is 3.50. The largest absolute Gasteiger partial charge is 0.468 e. The summed E-state index contributed by atoms with van der Waals surface area (Å²) in [6.45, 7) is 2.99. The van der Waals surface area contributed by atoms with Gasteiger partial charge in [0.1, 0.15) is 5.41 Å². The predicted molar refractivity (Wildman–Crippen MR) is 105 cm³/mol. The van der Waals surface area contributed by atoms with Gasteiger partial charge in [-0.25, -0.2) is 0 Å². The molecule has 6 nitrogen and oxygen atoms in total. The van der Waals surface area contributed by atoms with Crippen LogP contribution in [0.4, 0.5) is 5.69 Å². The van der Waals surface area contributed by atoms with Gasteiger partial charge in [-0.05, 0) is 31.4 Å². The van der Waals surface area contributed by atoms with E-state index in [9.17, 15) is 9.90 Å². The molecule has 3 heterocycles. The Labute approximate surface area is 165 Å². The van der Waals surface area contributed by atoms with E-state index in [1.165, 1.54) is 7.11 Å². The standard InChI is InChI=1S/C22H28N2O4/c1-4-14-12-23-18-11-16(14)20(13-25,19(26)27-3)21-9-10-28-22(18,21)24(2)17-8-6-5-7-15(17)21/h4-8,16,18,23,25H,9-13H2,1-3H3/b14-4-/t16-,18-,20-,21-,22-/m0/s1. The number of carbonyl (C=O) groups excluding carboxylic acids is 1. The predicted octanol–water partition coefficient (Wildman–Crippen LogP) is 1.58. The fourth-order valence-corrected chi connectivity index (χ4v) is 7.15. The number of benzene rings is 1. The van der Waals surface area contributed by atoms with Crippen LogP contribution in [-0.4, -0.2) is 56.8 Å². The second kappa shape index (κ2) is 5.81. The number of hydrogen-bond acceptors (Lipinski definition) is 6. The van der Waals surface area contributed by atoms with Crippen molar-refractivity contribution in [1.82, 2.24) is 5.32 Å². The van der Waals surface area contributed by atoms with Crippen LogP contribution in [-0.2, 0) is 19.7 Å². The molecule has 0 radical (unpaired) electrons. The lowest BCUT2D eigenvalue weighted by Gasteiger charge is -2.64. The zero-order valence-corrected chi connectivity index (χ0v) is 16.7. The average Bonchev–Trinajstić information content (AvgIpc) is 3.24. The Hall–Kier alpha value is -1.89. The molecule has 150 valence electrons. The summed E-state index contributed by atoms with van der Waals surface area (Å²) < 4.78 is 12.0. The van der Waals surface area contributed by atoms with Gasteiger partial charge in [-0.2, -0.15) is 0 Å². The highest BCUT2D eigenvalue weighted by Crippen LogP contribution is 2.72. The maximum absolute atomic E-state index is 13.6. The smallest absolute Gasteiger partial charge is 0.315 e. The van der Waals surface area contributed by atoms with Crippen molar-refractivity contribution >= 4 is 11.7 Å². The van der Waals surface area contributed by atoms with Crippen molar-refractivity contribution in [2.24, 2.45) is 11.3 Å². The number of nitrogens with one attached hydrogen (secondary N) is 1. The number of likely N-dealkylation sites (N-methyl/N-ethyl adjacent to an activating group) is 1. The molecule has 3 aliphatic heterocycles. The maximum atomic E-state index is 13.6. The molecule has 6 heteroatoms. The number of rotatable bonds is 2. The zero-order valence-electron chi connectivity index (χ0n) is 16.7. The van der Waals surface area contributed by atoms with E-state index in [0.29, 0.717) is 19.6 Å². The minimum absolute atomic E-state index is 0.0606. The molecule has 2 bridgehead atoms. The Morgan fingerprint density at radius 2 is 2.25 bits per heavy atom. The highest BCUT2D eigenvalue weighted by molar-refractivity contribution is 5.85. The molecular formula is C22H28N2O4. The summed E-state index contributed by atoms with van der Waals surface area (Å²) >= 11 is 0. The number of aliphatic hydroxyl groups is 1. The van der Waals surface area contributed by atoms with Gasteiger partial charge in [0.2, 0.25) is 0 Å². The molecule has 2 N–H and O–H groups in total. The molecule has 28 heavy (non-hydrogen) atoms. The van der Waals surface area contributed by atoms with E-state index in [4.69, 9.17) is 9.47 Å². The van der Waals surface area contributed by atoms with E-state index in [1.807, 2.05) is 19.1 Å². The molecule has 1 aliphatic carbocycles. The number of carbonyl (C=O) groups is 1. The molecule has 3 fully saturated rings. The van der Waals surface area contributed by atoms with Crippen LogP contribution in [0.5, 0.6) is 0 Å². The number of para-hydroxylation sites is 1. The third-order valence-electron chi connectivity index (χ3n) is 8.10. The van der Waals surface area contributed by atoms with Crippen molar-refractivity contribution in [3.8, 4) is 0 Å². The van der Waals surface area contributed by atoms with Gasteiger partial charge in [0, 0.05) is 25.2 Å². The van der Waals surface area contributed by atoms with Gasteiger partial charge in [-0.15, -0.1) is 0 Å². The van der Waals surface area contributed by atoms with E-state index in [0.717, 1.165) is 23.2 Å². The Kier molecular flexibility index (Phi) is 3.77. The van der Waals surface area contributed by atoms with Gasteiger partial charge < -0.3 is 24.8 Å². The highest BCUT2D eigenvalue weighted by atomic mass is 16.5. The molecule has 0 aromatic heterocycles. The number of anilines is 1. The number of esters is 1. The molecule has 5 atom stereocenters. The van der Waals surface area contributed by atoms with E-state index in [2.05, 4.69) is 35.5 Å². The number of ether oxygens (including phenoxy) is 2. The molecule has 2 saturated heterocycles. The lowest BCUT2D eigenvalue weighted by atomic mass is 9.43. The van der Waals surface area contributed by atoms with Gasteiger partial charge in [0.25, 0.3) is 0 Å². The number of allylic oxidation sites excluding steroid dienone is 1. The van der Waals surface area contributed by atoms with Gasteiger partial charge in [-0.3, -0.25) is 4.79 Å². The Bertz CT molecular complexity index is 870. The molecule has 0 amide bonds. The van der Waals surface area contributed by atoms with Crippen LogP contribution in [0.2, 0.25) is 0 Å². The van der Waals surface area contributed by atoms with Crippen LogP contribution in [0.25, 0.3) is 0 Å². The summed E-state index contributed by atoms with van der Waals surface area (Å²) in [4.78, 5) is 15.8. The van der Waals surface area contributed by atoms with E-state index in [1.54, 1.807) is 0 Å². The lowest BCUT2D eigenvalue weighted by molar-refractivity contribution is -0.196. The lowest BCUT2D eigenvalue weighted by Crippen LogP contribution is -2.79. The van der Waals surface area contributed by atoms with E-state index in [-0.39, 0.29) is 24.5 Å². The first-order valence-electron chi connectivity index (χ1n) is 10.1. The van der Waals surface area contributed by atoms with Crippen molar-refractivity contribution in [2.75, 3.05) is 38.8 Å². The monoisotopic (exact) mass is 384 g/mol. The average molecular weight is 384 g/mol. The third kappa shape index (κ3) is 1.62. The van der Waals surface area contributed by atoms with E-state index < -0.39 is 16.6 Å². The molecule has 0 spiro atoms. The SMILES string of the molecule is C/C=C1/CN[C@H]2C[C@@H]1[C@@](CO)(C(=O)OC)[C@@]13CCO[C@@]21N(C)c1ccccc13. The summed E-state index contributed by atoms with van der Waals surface area (Å²) in [5.74, 6) is -0.421. The van der Waals surface area contributed by atoms with Gasteiger partial charge in [0.15, 0.2) is 5.72 Å². The highest BCUT2D eigenvalue weighted by Gasteiger charge is 2.82. The fraction of sp³-hybridized carbons (Fsp3) is 0.591. The van der Waals surface area contributed by atoms with Crippen LogP contribution in [0.15, 0.2) is 35.9 Å². The number of hydrogen-bond donors (Lipinski definition) is 2. The van der Waals surface area contributed by atoms with Crippen molar-refractivity contribution in [3.05, 3.63) is 41.5 Å². The second-order valence-electron chi connectivity index (χ2n) is 8.48. The minimum atomic E-state index is -1.08. The van der Waals surface area contributed by atoms with Crippen LogP contribution in [0.3, 0.4) is 0 Å². The fourth-order valence-electron chi connectivity index (χ4n) is 7.15. The van der Waals surface area contributed by atoms with Gasteiger partial charge >= 0.3 is 5.97 Å². The number of piperidine rings is 1. The molecule has 5 rings (SSSR count). The quantitative estimate of drug-likeness (QED) is 0.596. The molecule has 0 unspecified atom stereocenters. The molecule has 1 saturated carbocycles. The first kappa shape index (κ1) is 18.2. The Morgan fingerprint density at radius 1 is 1.46 bits per heavy atom. The summed E-state index contributed by atoms with van der Waals surface area (Å²) in [6, 6.07) is 8.29. The first-order valence-corrected chi connectivity index (χ1v) is 10.1. The maximum Gasteiger partial charge on any atom is 0.315 e. The molecular weight excluding hydrogens is 356 g/mol. The number of nitrogens with zero attached hydrogens (tertiary/aromatic N) is 1. The van der Waals surface area contributed by atoms with Crippen molar-refractivity contribution in [1.29, 1.82) is 0 Å². The molecule has 1 aromatic carbocycles. The van der Waals surface area contributed by atoms with Crippen molar-refractivity contribution in [3.63, 3.8) is 0 Å². The van der Waals surface area contributed by atoms with E-state index >= 15 is 0 Å². The summed E-state index contributed by atoms with van der Waals surface area (Å²) in [7, 11) is 3.49. The third-order valence-corrected chi connectivity index (χ3v) is 8.10. The first-order chi connectivity index (χ1) is 13.5. The number of methoxy groups -OCH3 is 1. The minimum Gasteiger partial charge on any atom is -0.468 e. The Balaban J connectivity index is 1.90. The molecule has 4 aliphatic rings. The van der Waals surface area contributed by atoms with Crippen LogP contribution >= 0.6 is 0 Å². The van der Waals surface area contributed by atoms with Crippen LogP contribution in [0.1, 0.15) is 25.3 Å². The normalized spacial score (nSPS) is 42.1.